The van der Waals surface area contributed by atoms with Gasteiger partial charge in [-0.05, 0) is 0 Å². The third kappa shape index (κ3) is 8.21. The molecule has 0 spiro atoms. The number of nitrogens with one attached hydrogen (secondary N) is 1. The lowest BCUT2D eigenvalue weighted by Gasteiger charge is -2.30. The summed E-state index contributed by atoms with van der Waals surface area (Å²) in [6, 6.07) is 2.89. The Kier molecular flexibility index (Phi) is 12.0. The molecule has 40 heavy (non-hydrogen) atoms. The number of rotatable bonds is 14. The van der Waals surface area contributed by atoms with Gasteiger partial charge in [-0.2, -0.15) is 5.26 Å². The summed E-state index contributed by atoms with van der Waals surface area (Å²) in [4.78, 5) is 62.2. The average Bonchev–Trinajstić information content (AvgIpc) is 3.19. The Labute approximate surface area is 230 Å². The molecule has 0 bridgehead atoms. The Bertz CT molecular complexity index is 1180. The highest BCUT2D eigenvalue weighted by Gasteiger charge is 2.60. The lowest BCUT2D eigenvalue weighted by molar-refractivity contribution is -0.195. The maximum absolute atomic E-state index is 12.7. The van der Waals surface area contributed by atoms with Crippen LogP contribution in [0.5, 0.6) is 0 Å². The SMILES string of the molecule is CC(C)C(=O)OCOC[C@H]1O[C@@](C#N)(n2ccc(=O)[nH]c2=O)C(OCOC(=O)C(C)C)C1OCOC(=O)C(C)C. The van der Waals surface area contributed by atoms with Crippen LogP contribution in [-0.4, -0.2) is 72.8 Å². The minimum atomic E-state index is -2.26. The van der Waals surface area contributed by atoms with Crippen molar-refractivity contribution in [1.82, 2.24) is 9.55 Å². The Balaban J connectivity index is 2.42. The van der Waals surface area contributed by atoms with Gasteiger partial charge in [-0.15, -0.1) is 0 Å². The number of ether oxygens (including phenoxy) is 7. The van der Waals surface area contributed by atoms with Crippen molar-refractivity contribution < 1.29 is 47.5 Å². The van der Waals surface area contributed by atoms with Crippen LogP contribution in [-0.2, 0) is 53.3 Å². The van der Waals surface area contributed by atoms with Crippen molar-refractivity contribution in [2.24, 2.45) is 17.8 Å². The number of nitriles is 1. The molecular formula is C25H35N3O12. The van der Waals surface area contributed by atoms with E-state index in [2.05, 4.69) is 0 Å². The lowest BCUT2D eigenvalue weighted by atomic mass is 10.0. The number of esters is 3. The molecule has 1 saturated heterocycles. The fourth-order valence-corrected chi connectivity index (χ4v) is 3.43. The smallest absolute Gasteiger partial charge is 0.331 e. The third-order valence-electron chi connectivity index (χ3n) is 5.61. The van der Waals surface area contributed by atoms with E-state index in [-0.39, 0.29) is 6.61 Å². The van der Waals surface area contributed by atoms with Gasteiger partial charge >= 0.3 is 23.6 Å². The number of hydrogen-bond donors (Lipinski definition) is 1. The first kappa shape index (κ1) is 32.6. The molecule has 1 aromatic heterocycles. The maximum Gasteiger partial charge on any atom is 0.331 e. The maximum atomic E-state index is 12.7. The van der Waals surface area contributed by atoms with Gasteiger partial charge in [0.25, 0.3) is 11.3 Å². The number of hydrogen-bond acceptors (Lipinski definition) is 13. The molecule has 0 aliphatic carbocycles. The Morgan fingerprint density at radius 1 is 0.950 bits per heavy atom. The molecule has 2 rings (SSSR count). The summed E-state index contributed by atoms with van der Waals surface area (Å²) >= 11 is 0. The molecule has 0 radical (unpaired) electrons. The fourth-order valence-electron chi connectivity index (χ4n) is 3.43. The predicted molar refractivity (Wildman–Crippen MR) is 133 cm³/mol. The van der Waals surface area contributed by atoms with E-state index >= 15 is 0 Å². The first-order valence-electron chi connectivity index (χ1n) is 12.6. The molecule has 2 heterocycles. The standard InChI is InChI=1S/C25H35N3O12/c1-14(2)21(30)37-11-34-9-17-19(35-12-38-22(31)15(3)4)20(36-13-39-23(32)16(5)6)25(10-26,40-17)28-8-7-18(29)27-24(28)33/h7-8,14-17,19-20H,9,11-13H2,1-6H3,(H,27,29,33)/t17-,19?,20?,25-/m1/s1. The van der Waals surface area contributed by atoms with Crippen LogP contribution < -0.4 is 11.2 Å². The summed E-state index contributed by atoms with van der Waals surface area (Å²) in [7, 11) is 0. The van der Waals surface area contributed by atoms with E-state index in [1.165, 1.54) is 0 Å². The van der Waals surface area contributed by atoms with Crippen LogP contribution in [0.3, 0.4) is 0 Å². The summed E-state index contributed by atoms with van der Waals surface area (Å²) in [5.41, 5.74) is -3.99. The van der Waals surface area contributed by atoms with E-state index in [0.717, 1.165) is 16.8 Å². The monoisotopic (exact) mass is 569 g/mol. The van der Waals surface area contributed by atoms with E-state index in [1.54, 1.807) is 41.5 Å². The normalized spacial score (nSPS) is 22.4. The van der Waals surface area contributed by atoms with E-state index in [1.807, 2.05) is 11.1 Å². The zero-order chi connectivity index (χ0) is 30.0. The Morgan fingerprint density at radius 3 is 1.98 bits per heavy atom. The van der Waals surface area contributed by atoms with Gasteiger partial charge in [0.2, 0.25) is 0 Å². The van der Waals surface area contributed by atoms with Crippen molar-refractivity contribution in [3.63, 3.8) is 0 Å². The van der Waals surface area contributed by atoms with Gasteiger partial charge in [0.05, 0.1) is 24.4 Å². The van der Waals surface area contributed by atoms with E-state index in [9.17, 15) is 29.2 Å². The molecule has 15 heteroatoms. The van der Waals surface area contributed by atoms with E-state index in [0.29, 0.717) is 0 Å². The summed E-state index contributed by atoms with van der Waals surface area (Å²) < 4.78 is 38.9. The second-order valence-corrected chi connectivity index (χ2v) is 9.74. The Hall–Kier alpha value is -3.58. The molecule has 2 unspecified atom stereocenters. The van der Waals surface area contributed by atoms with Crippen LogP contribution in [0.25, 0.3) is 0 Å². The number of aromatic nitrogens is 2. The number of carbonyl (C=O) groups is 3. The van der Waals surface area contributed by atoms with Gasteiger partial charge in [-0.1, -0.05) is 41.5 Å². The second kappa shape index (κ2) is 14.7. The van der Waals surface area contributed by atoms with Crippen LogP contribution >= 0.6 is 0 Å². The summed E-state index contributed by atoms with van der Waals surface area (Å²) in [5, 5.41) is 10.3. The highest BCUT2D eigenvalue weighted by atomic mass is 16.7. The van der Waals surface area contributed by atoms with Crippen molar-refractivity contribution >= 4 is 17.9 Å². The molecule has 0 aromatic carbocycles. The molecule has 0 amide bonds. The molecular weight excluding hydrogens is 534 g/mol. The highest BCUT2D eigenvalue weighted by molar-refractivity contribution is 5.72. The number of H-pyrrole nitrogens is 1. The fraction of sp³-hybridized carbons (Fsp3) is 0.680. The Morgan fingerprint density at radius 2 is 1.48 bits per heavy atom. The van der Waals surface area contributed by atoms with E-state index < -0.39 is 91.3 Å². The van der Waals surface area contributed by atoms with Crippen molar-refractivity contribution in [3.8, 4) is 6.07 Å². The minimum absolute atomic E-state index is 0.332. The zero-order valence-corrected chi connectivity index (χ0v) is 23.2. The van der Waals surface area contributed by atoms with Gasteiger partial charge in [0, 0.05) is 12.3 Å². The van der Waals surface area contributed by atoms with Crippen LogP contribution in [0.4, 0.5) is 0 Å². The van der Waals surface area contributed by atoms with E-state index in [4.69, 9.17) is 33.2 Å². The van der Waals surface area contributed by atoms with Crippen LogP contribution in [0, 0.1) is 29.1 Å². The van der Waals surface area contributed by atoms with Gasteiger partial charge in [-0.25, -0.2) is 4.79 Å². The summed E-state index contributed by atoms with van der Waals surface area (Å²) in [5.74, 6) is -3.03. The van der Waals surface area contributed by atoms with Crippen molar-refractivity contribution in [2.45, 2.75) is 65.6 Å². The van der Waals surface area contributed by atoms with Crippen LogP contribution in [0.1, 0.15) is 41.5 Å². The molecule has 1 N–H and O–H groups in total. The summed E-state index contributed by atoms with van der Waals surface area (Å²) in [6.45, 7) is 7.70. The van der Waals surface area contributed by atoms with Gasteiger partial charge in [0.15, 0.2) is 26.5 Å². The second-order valence-electron chi connectivity index (χ2n) is 9.74. The first-order valence-corrected chi connectivity index (χ1v) is 12.6. The van der Waals surface area contributed by atoms with Crippen LogP contribution in [0.15, 0.2) is 21.9 Å². The van der Waals surface area contributed by atoms with Crippen molar-refractivity contribution in [3.05, 3.63) is 33.1 Å². The molecule has 1 fully saturated rings. The molecule has 15 nitrogen and oxygen atoms in total. The molecule has 1 aliphatic heterocycles. The molecule has 4 atom stereocenters. The lowest BCUT2D eigenvalue weighted by Crippen LogP contribution is -2.52. The van der Waals surface area contributed by atoms with Crippen molar-refractivity contribution in [2.75, 3.05) is 27.0 Å². The van der Waals surface area contributed by atoms with Gasteiger partial charge in [0.1, 0.15) is 18.3 Å². The van der Waals surface area contributed by atoms with Crippen molar-refractivity contribution in [1.29, 1.82) is 5.26 Å². The topological polar surface area (TPSA) is 194 Å². The summed E-state index contributed by atoms with van der Waals surface area (Å²) in [6.07, 6.45) is -2.87. The molecule has 1 aliphatic rings. The highest BCUT2D eigenvalue weighted by Crippen LogP contribution is 2.38. The van der Waals surface area contributed by atoms with Gasteiger partial charge < -0.3 is 33.2 Å². The number of nitrogens with zero attached hydrogens (tertiary/aromatic N) is 2. The molecule has 0 saturated carbocycles. The molecule has 1 aromatic rings. The third-order valence-corrected chi connectivity index (χ3v) is 5.61. The zero-order valence-electron chi connectivity index (χ0n) is 23.2. The number of carbonyl (C=O) groups excluding carboxylic acids is 3. The molecule has 222 valence electrons. The largest absolute Gasteiger partial charge is 0.438 e. The number of aromatic amines is 1. The average molecular weight is 570 g/mol. The first-order chi connectivity index (χ1) is 18.8. The minimum Gasteiger partial charge on any atom is -0.438 e. The van der Waals surface area contributed by atoms with Gasteiger partial charge in [-0.3, -0.25) is 28.7 Å². The predicted octanol–water partition coefficient (Wildman–Crippen LogP) is 0.369. The van der Waals surface area contributed by atoms with Crippen LogP contribution in [0.2, 0.25) is 0 Å². The quantitative estimate of drug-likeness (QED) is 0.140.